The Labute approximate surface area is 134 Å². The molecule has 0 spiro atoms. The number of hydrogen-bond acceptors (Lipinski definition) is 5. The standard InChI is InChI=1S/C15H23N3O3S/c1-9(2)14(20)18-15-16-11(8-22-15)6-13(19)17-12-5-4-10(12)7-21-3/h8-10,12H,4-7H2,1-3H3,(H,17,19)(H,16,18,20)/t10-,12-/m1/s1. The molecule has 0 radical (unpaired) electrons. The molecular weight excluding hydrogens is 302 g/mol. The van der Waals surface area contributed by atoms with E-state index < -0.39 is 0 Å². The van der Waals surface area contributed by atoms with E-state index in [4.69, 9.17) is 4.74 Å². The molecule has 0 bridgehead atoms. The summed E-state index contributed by atoms with van der Waals surface area (Å²) in [5.74, 6) is 0.234. The molecule has 122 valence electrons. The van der Waals surface area contributed by atoms with E-state index in [1.165, 1.54) is 11.3 Å². The number of nitrogens with one attached hydrogen (secondary N) is 2. The highest BCUT2D eigenvalue weighted by Gasteiger charge is 2.31. The average Bonchev–Trinajstić information content (AvgIpc) is 2.88. The van der Waals surface area contributed by atoms with Crippen LogP contribution in [0, 0.1) is 11.8 Å². The molecule has 2 rings (SSSR count). The summed E-state index contributed by atoms with van der Waals surface area (Å²) in [6.07, 6.45) is 2.34. The number of carbonyl (C=O) groups excluding carboxylic acids is 2. The highest BCUT2D eigenvalue weighted by atomic mass is 32.1. The molecule has 2 amide bonds. The third-order valence-electron chi connectivity index (χ3n) is 3.79. The fourth-order valence-electron chi connectivity index (χ4n) is 2.29. The van der Waals surface area contributed by atoms with Gasteiger partial charge in [-0.15, -0.1) is 11.3 Å². The summed E-state index contributed by atoms with van der Waals surface area (Å²) in [6.45, 7) is 4.34. The quantitative estimate of drug-likeness (QED) is 0.801. The second-order valence-corrected chi connectivity index (χ2v) is 6.79. The summed E-state index contributed by atoms with van der Waals surface area (Å²) in [6, 6.07) is 0.214. The molecule has 0 aliphatic heterocycles. The SMILES string of the molecule is COC[C@H]1CC[C@H]1NC(=O)Cc1csc(NC(=O)C(C)C)n1. The van der Waals surface area contributed by atoms with E-state index in [1.807, 2.05) is 19.2 Å². The predicted molar refractivity (Wildman–Crippen MR) is 85.8 cm³/mol. The van der Waals surface area contributed by atoms with E-state index in [9.17, 15) is 9.59 Å². The van der Waals surface area contributed by atoms with Gasteiger partial charge in [-0.2, -0.15) is 0 Å². The number of nitrogens with zero attached hydrogens (tertiary/aromatic N) is 1. The van der Waals surface area contributed by atoms with Gasteiger partial charge in [0.15, 0.2) is 5.13 Å². The van der Waals surface area contributed by atoms with Crippen molar-refractivity contribution in [3.05, 3.63) is 11.1 Å². The Balaban J connectivity index is 1.80. The zero-order chi connectivity index (χ0) is 16.1. The molecule has 0 unspecified atom stereocenters. The van der Waals surface area contributed by atoms with Crippen LogP contribution in [0.5, 0.6) is 0 Å². The minimum Gasteiger partial charge on any atom is -0.384 e. The average molecular weight is 325 g/mol. The highest BCUT2D eigenvalue weighted by molar-refractivity contribution is 7.13. The Morgan fingerprint density at radius 3 is 2.82 bits per heavy atom. The van der Waals surface area contributed by atoms with Gasteiger partial charge in [-0.05, 0) is 12.8 Å². The number of ether oxygens (including phenoxy) is 1. The third-order valence-corrected chi connectivity index (χ3v) is 4.60. The molecule has 2 N–H and O–H groups in total. The molecule has 6 nitrogen and oxygen atoms in total. The topological polar surface area (TPSA) is 80.3 Å². The molecular formula is C15H23N3O3S. The van der Waals surface area contributed by atoms with Crippen LogP contribution in [0.3, 0.4) is 0 Å². The molecule has 1 heterocycles. The van der Waals surface area contributed by atoms with Gasteiger partial charge < -0.3 is 15.4 Å². The van der Waals surface area contributed by atoms with Crippen LogP contribution in [0.15, 0.2) is 5.38 Å². The first-order valence-corrected chi connectivity index (χ1v) is 8.41. The van der Waals surface area contributed by atoms with Crippen LogP contribution in [0.25, 0.3) is 0 Å². The van der Waals surface area contributed by atoms with Gasteiger partial charge in [0, 0.05) is 30.4 Å². The van der Waals surface area contributed by atoms with E-state index in [0.717, 1.165) is 12.8 Å². The lowest BCUT2D eigenvalue weighted by atomic mass is 9.80. The van der Waals surface area contributed by atoms with Crippen molar-refractivity contribution >= 4 is 28.3 Å². The fraction of sp³-hybridized carbons (Fsp3) is 0.667. The van der Waals surface area contributed by atoms with Crippen LogP contribution in [0.4, 0.5) is 5.13 Å². The van der Waals surface area contributed by atoms with Gasteiger partial charge in [-0.3, -0.25) is 9.59 Å². The van der Waals surface area contributed by atoms with E-state index in [1.54, 1.807) is 7.11 Å². The normalized spacial score (nSPS) is 20.5. The largest absolute Gasteiger partial charge is 0.384 e. The maximum absolute atomic E-state index is 12.0. The van der Waals surface area contributed by atoms with Gasteiger partial charge in [-0.25, -0.2) is 4.98 Å². The summed E-state index contributed by atoms with van der Waals surface area (Å²) in [4.78, 5) is 27.9. The van der Waals surface area contributed by atoms with Gasteiger partial charge in [-0.1, -0.05) is 13.8 Å². The van der Waals surface area contributed by atoms with Gasteiger partial charge in [0.1, 0.15) is 0 Å². The van der Waals surface area contributed by atoms with Gasteiger partial charge in [0.25, 0.3) is 0 Å². The number of methoxy groups -OCH3 is 1. The van der Waals surface area contributed by atoms with E-state index in [0.29, 0.717) is 23.4 Å². The summed E-state index contributed by atoms with van der Waals surface area (Å²) in [5.41, 5.74) is 0.684. The smallest absolute Gasteiger partial charge is 0.228 e. The zero-order valence-electron chi connectivity index (χ0n) is 13.2. The van der Waals surface area contributed by atoms with Crippen LogP contribution < -0.4 is 10.6 Å². The zero-order valence-corrected chi connectivity index (χ0v) is 14.0. The minimum absolute atomic E-state index is 0.0298. The Kier molecular flexibility index (Phi) is 5.90. The van der Waals surface area contributed by atoms with E-state index >= 15 is 0 Å². The highest BCUT2D eigenvalue weighted by Crippen LogP contribution is 2.27. The first kappa shape index (κ1) is 16.9. The molecule has 1 aromatic heterocycles. The lowest BCUT2D eigenvalue weighted by Gasteiger charge is -2.36. The Morgan fingerprint density at radius 2 is 2.23 bits per heavy atom. The van der Waals surface area contributed by atoms with E-state index in [2.05, 4.69) is 15.6 Å². The first-order valence-electron chi connectivity index (χ1n) is 7.53. The summed E-state index contributed by atoms with van der Waals surface area (Å²) >= 11 is 1.34. The first-order chi connectivity index (χ1) is 10.5. The van der Waals surface area contributed by atoms with Crippen molar-refractivity contribution in [2.45, 2.75) is 39.2 Å². The number of hydrogen-bond donors (Lipinski definition) is 2. The van der Waals surface area contributed by atoms with Crippen LogP contribution in [0.2, 0.25) is 0 Å². The maximum atomic E-state index is 12.0. The molecule has 0 aromatic carbocycles. The summed E-state index contributed by atoms with van der Waals surface area (Å²) in [7, 11) is 1.68. The Bertz CT molecular complexity index is 530. The fourth-order valence-corrected chi connectivity index (χ4v) is 3.00. The molecule has 2 atom stereocenters. The maximum Gasteiger partial charge on any atom is 0.228 e. The van der Waals surface area contributed by atoms with Gasteiger partial charge in [0.2, 0.25) is 11.8 Å². The van der Waals surface area contributed by atoms with Crippen molar-refractivity contribution < 1.29 is 14.3 Å². The van der Waals surface area contributed by atoms with Crippen LogP contribution in [-0.4, -0.2) is 36.6 Å². The summed E-state index contributed by atoms with van der Waals surface area (Å²) < 4.78 is 5.13. The molecule has 7 heteroatoms. The van der Waals surface area contributed by atoms with Crippen molar-refractivity contribution in [2.75, 3.05) is 19.0 Å². The Hall–Kier alpha value is -1.47. The number of amides is 2. The van der Waals surface area contributed by atoms with Gasteiger partial charge in [0.05, 0.1) is 18.7 Å². The monoisotopic (exact) mass is 325 g/mol. The molecule has 1 aromatic rings. The predicted octanol–water partition coefficient (Wildman–Crippen LogP) is 1.82. The van der Waals surface area contributed by atoms with Crippen molar-refractivity contribution in [3.8, 4) is 0 Å². The van der Waals surface area contributed by atoms with Crippen molar-refractivity contribution in [2.24, 2.45) is 11.8 Å². The van der Waals surface area contributed by atoms with Crippen LogP contribution in [-0.2, 0) is 20.7 Å². The number of rotatable bonds is 7. The van der Waals surface area contributed by atoms with Crippen molar-refractivity contribution in [1.82, 2.24) is 10.3 Å². The molecule has 1 aliphatic carbocycles. The number of carbonyl (C=O) groups is 2. The Morgan fingerprint density at radius 1 is 1.45 bits per heavy atom. The number of thiazole rings is 1. The van der Waals surface area contributed by atoms with Crippen LogP contribution in [0.1, 0.15) is 32.4 Å². The summed E-state index contributed by atoms with van der Waals surface area (Å²) in [5, 5.41) is 8.12. The third kappa shape index (κ3) is 4.51. The van der Waals surface area contributed by atoms with Crippen LogP contribution >= 0.6 is 11.3 Å². The molecule has 0 saturated heterocycles. The van der Waals surface area contributed by atoms with Crippen molar-refractivity contribution in [3.63, 3.8) is 0 Å². The minimum atomic E-state index is -0.0908. The van der Waals surface area contributed by atoms with Gasteiger partial charge >= 0.3 is 0 Å². The number of aromatic nitrogens is 1. The van der Waals surface area contributed by atoms with Crippen molar-refractivity contribution in [1.29, 1.82) is 0 Å². The number of anilines is 1. The lowest BCUT2D eigenvalue weighted by Crippen LogP contribution is -2.48. The molecule has 1 aliphatic rings. The molecule has 22 heavy (non-hydrogen) atoms. The van der Waals surface area contributed by atoms with E-state index in [-0.39, 0.29) is 30.2 Å². The second-order valence-electron chi connectivity index (χ2n) is 5.93. The molecule has 1 saturated carbocycles. The lowest BCUT2D eigenvalue weighted by molar-refractivity contribution is -0.122. The second kappa shape index (κ2) is 7.69. The molecule has 1 fully saturated rings.